The molecule has 0 amide bonds. The molecule has 0 atom stereocenters. The van der Waals surface area contributed by atoms with Crippen LogP contribution < -0.4 is 20.0 Å². The van der Waals surface area contributed by atoms with Crippen molar-refractivity contribution >= 4 is 74.1 Å². The molecule has 4 nitrogen and oxygen atoms in total. The topological polar surface area (TPSA) is 21.8 Å². The van der Waals surface area contributed by atoms with Gasteiger partial charge in [0.2, 0.25) is 0 Å². The zero-order valence-corrected chi connectivity index (χ0v) is 40.2. The van der Waals surface area contributed by atoms with Gasteiger partial charge in [0.25, 0.3) is 0 Å². The van der Waals surface area contributed by atoms with Crippen LogP contribution in [0.3, 0.4) is 0 Å². The molecule has 9 aromatic rings. The van der Waals surface area contributed by atoms with Crippen LogP contribution in [-0.4, -0.2) is 0 Å². The number of nitrogens with one attached hydrogen (secondary N) is 1. The average molecular weight is 915 g/mol. The second kappa shape index (κ2) is 17.1. The first kappa shape index (κ1) is 42.5. The molecular weight excluding hydrogens is 861 g/mol. The Hall–Kier alpha value is -8.60. The van der Waals surface area contributed by atoms with Gasteiger partial charge < -0.3 is 20.0 Å². The van der Waals surface area contributed by atoms with Crippen LogP contribution >= 0.6 is 0 Å². The zero-order valence-electron chi connectivity index (χ0n) is 40.2. The average Bonchev–Trinajstić information content (AvgIpc) is 4.02. The van der Waals surface area contributed by atoms with E-state index in [9.17, 15) is 0 Å². The van der Waals surface area contributed by atoms with Crippen LogP contribution in [0.15, 0.2) is 236 Å². The number of benzene rings is 9. The van der Waals surface area contributed by atoms with Gasteiger partial charge in [-0.15, -0.1) is 0 Å². The summed E-state index contributed by atoms with van der Waals surface area (Å²) in [7, 11) is 0. The van der Waals surface area contributed by atoms with Crippen molar-refractivity contribution in [1.82, 2.24) is 0 Å². The lowest BCUT2D eigenvalue weighted by Gasteiger charge is -2.42. The predicted octanol–water partition coefficient (Wildman–Crippen LogP) is 18.7. The second-order valence-electron chi connectivity index (χ2n) is 19.5. The number of hydrogen-bond donors (Lipinski definition) is 1. The fourth-order valence-corrected chi connectivity index (χ4v) is 12.2. The maximum absolute atomic E-state index is 4.58. The molecule has 2 heterocycles. The molecule has 1 saturated carbocycles. The summed E-state index contributed by atoms with van der Waals surface area (Å²) in [5, 5.41) is 6.07. The summed E-state index contributed by atoms with van der Waals surface area (Å²) in [5.41, 5.74) is 24.0. The van der Waals surface area contributed by atoms with Gasteiger partial charge in [-0.05, 0) is 155 Å². The molecular formula is C67H54N4. The number of nitrogens with zero attached hydrogens (tertiary/aromatic N) is 3. The molecule has 1 spiro atoms. The lowest BCUT2D eigenvalue weighted by molar-refractivity contribution is 0.550. The van der Waals surface area contributed by atoms with E-state index in [1.807, 2.05) is 0 Å². The van der Waals surface area contributed by atoms with Crippen molar-refractivity contribution in [2.75, 3.05) is 20.0 Å². The number of allylic oxidation sites excluding steroid dienone is 3. The van der Waals surface area contributed by atoms with Gasteiger partial charge in [0.15, 0.2) is 0 Å². The third-order valence-electron chi connectivity index (χ3n) is 15.3. The number of rotatable bonds is 8. The van der Waals surface area contributed by atoms with E-state index in [4.69, 9.17) is 0 Å². The number of para-hydroxylation sites is 7. The maximum atomic E-state index is 4.58. The van der Waals surface area contributed by atoms with Gasteiger partial charge in [-0.2, -0.15) is 0 Å². The van der Waals surface area contributed by atoms with Gasteiger partial charge in [-0.3, -0.25) is 0 Å². The van der Waals surface area contributed by atoms with Gasteiger partial charge in [-0.1, -0.05) is 171 Å². The van der Waals surface area contributed by atoms with Crippen LogP contribution in [0.5, 0.6) is 0 Å². The Morgan fingerprint density at radius 3 is 1.73 bits per heavy atom. The largest absolute Gasteiger partial charge is 0.352 e. The Labute approximate surface area is 417 Å². The Morgan fingerprint density at radius 1 is 0.479 bits per heavy atom. The minimum Gasteiger partial charge on any atom is -0.352 e. The van der Waals surface area contributed by atoms with Gasteiger partial charge >= 0.3 is 0 Å². The number of hydrogen-bond acceptors (Lipinski definition) is 4. The van der Waals surface area contributed by atoms with E-state index in [2.05, 4.69) is 265 Å². The minimum absolute atomic E-state index is 0.0225. The van der Waals surface area contributed by atoms with Crippen molar-refractivity contribution in [3.8, 4) is 22.3 Å². The smallest absolute Gasteiger partial charge is 0.0726 e. The van der Waals surface area contributed by atoms with Gasteiger partial charge in [0.05, 0.1) is 51.2 Å². The Bertz CT molecular complexity index is 3640. The molecule has 0 unspecified atom stereocenters. The molecule has 71 heavy (non-hydrogen) atoms. The monoisotopic (exact) mass is 914 g/mol. The maximum Gasteiger partial charge on any atom is 0.0726 e. The van der Waals surface area contributed by atoms with E-state index in [0.717, 1.165) is 51.1 Å². The third kappa shape index (κ3) is 6.88. The number of anilines is 9. The third-order valence-corrected chi connectivity index (χ3v) is 15.3. The molecule has 0 saturated heterocycles. The van der Waals surface area contributed by atoms with Gasteiger partial charge in [-0.25, -0.2) is 0 Å². The van der Waals surface area contributed by atoms with Crippen LogP contribution in [0.4, 0.5) is 51.2 Å². The molecule has 9 aromatic carbocycles. The normalized spacial score (nSPS) is 15.3. The SMILES string of the molecule is C=C(C)C1=C(C=CC)N(c2ccccc2)c2ccccc2N1c1ccc(-c2ccc(C=Cc3ccc4c(c3)C3(CCCC3)c3cc(N5c6ccccc6Nc6ccccc65)ccc3-4)cc2)c2ccccc12. The van der Waals surface area contributed by atoms with Crippen LogP contribution in [0.25, 0.3) is 45.2 Å². The quantitative estimate of drug-likeness (QED) is 0.153. The van der Waals surface area contributed by atoms with Crippen molar-refractivity contribution in [2.45, 2.75) is 44.9 Å². The van der Waals surface area contributed by atoms with Crippen molar-refractivity contribution in [1.29, 1.82) is 0 Å². The first-order chi connectivity index (χ1) is 35.0. The van der Waals surface area contributed by atoms with E-state index in [-0.39, 0.29) is 5.41 Å². The van der Waals surface area contributed by atoms with Crippen molar-refractivity contribution in [3.05, 3.63) is 258 Å². The second-order valence-corrected chi connectivity index (χ2v) is 19.5. The molecule has 4 aliphatic rings. The lowest BCUT2D eigenvalue weighted by Crippen LogP contribution is -2.31. The van der Waals surface area contributed by atoms with Crippen LogP contribution in [0.2, 0.25) is 0 Å². The Balaban J connectivity index is 0.816. The number of fused-ring (bicyclic) bond motifs is 9. The van der Waals surface area contributed by atoms with Gasteiger partial charge in [0, 0.05) is 22.2 Å². The summed E-state index contributed by atoms with van der Waals surface area (Å²) in [5.74, 6) is 0. The highest BCUT2D eigenvalue weighted by molar-refractivity contribution is 6.07. The summed E-state index contributed by atoms with van der Waals surface area (Å²) in [6.45, 7) is 8.78. The molecule has 13 rings (SSSR count). The molecule has 0 aromatic heterocycles. The van der Waals surface area contributed by atoms with Gasteiger partial charge in [0.1, 0.15) is 0 Å². The molecule has 2 aliphatic heterocycles. The molecule has 1 N–H and O–H groups in total. The predicted molar refractivity (Wildman–Crippen MR) is 301 cm³/mol. The fourth-order valence-electron chi connectivity index (χ4n) is 12.2. The Kier molecular flexibility index (Phi) is 10.2. The molecule has 4 heteroatoms. The van der Waals surface area contributed by atoms with Crippen LogP contribution in [0, 0.1) is 0 Å². The highest BCUT2D eigenvalue weighted by atomic mass is 15.3. The Morgan fingerprint density at radius 2 is 1.04 bits per heavy atom. The summed E-state index contributed by atoms with van der Waals surface area (Å²) in [6, 6.07) is 73.6. The minimum atomic E-state index is 0.0225. The zero-order chi connectivity index (χ0) is 47.6. The van der Waals surface area contributed by atoms with E-state index in [0.29, 0.717) is 0 Å². The van der Waals surface area contributed by atoms with Crippen LogP contribution in [0.1, 0.15) is 61.8 Å². The highest BCUT2D eigenvalue weighted by Crippen LogP contribution is 2.59. The van der Waals surface area contributed by atoms with Crippen molar-refractivity contribution in [2.24, 2.45) is 0 Å². The molecule has 0 radical (unpaired) electrons. The summed E-state index contributed by atoms with van der Waals surface area (Å²) < 4.78 is 0. The summed E-state index contributed by atoms with van der Waals surface area (Å²) in [6.07, 6.45) is 13.8. The standard InChI is InChI=1S/C67H54N4/c1-4-18-65-66(45(2)3)71(64-28-15-14-27-63(64)69(65)49-19-6-5-7-20-49)60-40-39-51(52-21-8-9-22-55(52)60)48-34-31-46(32-35-48)29-30-47-33-37-53-54-38-36-50(44-57(54)67(56(53)43-47)41-16-17-42-67)70-61-25-12-10-23-58(61)68-59-24-11-13-26-62(59)70/h4-15,18-40,43-44,68H,2,16-17,41-42H2,1,3H3. The van der Waals surface area contributed by atoms with E-state index in [1.54, 1.807) is 0 Å². The first-order valence-corrected chi connectivity index (χ1v) is 25.1. The summed E-state index contributed by atoms with van der Waals surface area (Å²) in [4.78, 5) is 7.22. The molecule has 1 fully saturated rings. The van der Waals surface area contributed by atoms with E-state index in [1.165, 1.54) is 98.0 Å². The summed E-state index contributed by atoms with van der Waals surface area (Å²) >= 11 is 0. The molecule has 0 bridgehead atoms. The van der Waals surface area contributed by atoms with E-state index < -0.39 is 0 Å². The van der Waals surface area contributed by atoms with Crippen LogP contribution in [-0.2, 0) is 5.41 Å². The fraction of sp³-hybridized carbons (Fsp3) is 0.104. The lowest BCUT2D eigenvalue weighted by atomic mass is 9.76. The molecule has 2 aliphatic carbocycles. The highest BCUT2D eigenvalue weighted by Gasteiger charge is 2.45. The van der Waals surface area contributed by atoms with Crippen molar-refractivity contribution in [3.63, 3.8) is 0 Å². The molecule has 342 valence electrons. The first-order valence-electron chi connectivity index (χ1n) is 25.1. The van der Waals surface area contributed by atoms with Crippen molar-refractivity contribution < 1.29 is 0 Å². The van der Waals surface area contributed by atoms with E-state index >= 15 is 0 Å².